The molecule has 0 saturated carbocycles. The number of hydrogen-bond acceptors (Lipinski definition) is 4. The van der Waals surface area contributed by atoms with E-state index in [2.05, 4.69) is 4.98 Å². The number of carbonyl (C=O) groups excluding carboxylic acids is 1. The van der Waals surface area contributed by atoms with Crippen LogP contribution in [0.15, 0.2) is 48.8 Å². The summed E-state index contributed by atoms with van der Waals surface area (Å²) in [5, 5.41) is 0. The van der Waals surface area contributed by atoms with Crippen LogP contribution in [0.2, 0.25) is 0 Å². The lowest BCUT2D eigenvalue weighted by molar-refractivity contribution is 0.0973. The molecule has 0 aliphatic heterocycles. The van der Waals surface area contributed by atoms with Crippen molar-refractivity contribution in [3.8, 4) is 5.75 Å². The van der Waals surface area contributed by atoms with E-state index in [4.69, 9.17) is 10.5 Å². The molecule has 0 radical (unpaired) electrons. The Labute approximate surface area is 118 Å². The fourth-order valence-electron chi connectivity index (χ4n) is 1.95. The van der Waals surface area contributed by atoms with Crippen LogP contribution in [-0.2, 0) is 0 Å². The Morgan fingerprint density at radius 1 is 1.30 bits per heavy atom. The highest BCUT2D eigenvalue weighted by Crippen LogP contribution is 2.18. The van der Waals surface area contributed by atoms with Gasteiger partial charge in [-0.2, -0.15) is 0 Å². The lowest BCUT2D eigenvalue weighted by Gasteiger charge is -2.11. The second-order valence-corrected chi connectivity index (χ2v) is 4.49. The molecule has 20 heavy (non-hydrogen) atoms. The third-order valence-electron chi connectivity index (χ3n) is 2.98. The molecule has 4 nitrogen and oxygen atoms in total. The molecule has 0 bridgehead atoms. The van der Waals surface area contributed by atoms with E-state index in [-0.39, 0.29) is 18.2 Å². The van der Waals surface area contributed by atoms with E-state index in [0.717, 1.165) is 5.56 Å². The van der Waals surface area contributed by atoms with Crippen molar-refractivity contribution in [2.75, 3.05) is 6.61 Å². The van der Waals surface area contributed by atoms with Crippen LogP contribution in [0.3, 0.4) is 0 Å². The summed E-state index contributed by atoms with van der Waals surface area (Å²) in [5.41, 5.74) is 7.54. The third kappa shape index (κ3) is 3.65. The smallest absolute Gasteiger partial charge is 0.166 e. The second kappa shape index (κ2) is 6.82. The number of hydrogen-bond donors (Lipinski definition) is 1. The van der Waals surface area contributed by atoms with Crippen LogP contribution < -0.4 is 10.5 Å². The highest BCUT2D eigenvalue weighted by Gasteiger charge is 2.14. The fourth-order valence-corrected chi connectivity index (χ4v) is 1.95. The van der Waals surface area contributed by atoms with E-state index < -0.39 is 0 Å². The summed E-state index contributed by atoms with van der Waals surface area (Å²) in [4.78, 5) is 16.2. The molecule has 0 aliphatic carbocycles. The van der Waals surface area contributed by atoms with Crippen molar-refractivity contribution in [3.05, 3.63) is 59.9 Å². The molecule has 0 saturated heterocycles. The van der Waals surface area contributed by atoms with Crippen LogP contribution in [0.5, 0.6) is 5.75 Å². The van der Waals surface area contributed by atoms with Gasteiger partial charge >= 0.3 is 0 Å². The van der Waals surface area contributed by atoms with Gasteiger partial charge in [0.05, 0.1) is 12.8 Å². The maximum atomic E-state index is 12.2. The highest BCUT2D eigenvalue weighted by molar-refractivity contribution is 5.96. The highest BCUT2D eigenvalue weighted by atomic mass is 16.5. The van der Waals surface area contributed by atoms with Gasteiger partial charge in [-0.15, -0.1) is 0 Å². The SMILES string of the molecule is CCOc1cncc(C(=O)CC(N)c2ccccc2)c1. The minimum Gasteiger partial charge on any atom is -0.492 e. The predicted octanol–water partition coefficient (Wildman–Crippen LogP) is 2.75. The number of pyridine rings is 1. The minimum atomic E-state index is -0.306. The molecule has 1 heterocycles. The number of carbonyl (C=O) groups is 1. The summed E-state index contributed by atoms with van der Waals surface area (Å²) < 4.78 is 5.34. The van der Waals surface area contributed by atoms with Gasteiger partial charge in [-0.25, -0.2) is 0 Å². The van der Waals surface area contributed by atoms with Gasteiger partial charge in [0.15, 0.2) is 5.78 Å². The summed E-state index contributed by atoms with van der Waals surface area (Å²) in [5.74, 6) is 0.571. The average Bonchev–Trinajstić information content (AvgIpc) is 2.48. The fraction of sp³-hybridized carbons (Fsp3) is 0.250. The molecule has 1 atom stereocenters. The first-order valence-corrected chi connectivity index (χ1v) is 6.62. The molecule has 0 fully saturated rings. The van der Waals surface area contributed by atoms with Crippen LogP contribution in [-0.4, -0.2) is 17.4 Å². The number of Topliss-reactive ketones (excluding diaryl/α,β-unsaturated/α-hetero) is 1. The standard InChI is InChI=1S/C16H18N2O2/c1-2-20-14-8-13(10-18-11-14)16(19)9-15(17)12-6-4-3-5-7-12/h3-8,10-11,15H,2,9,17H2,1H3. The lowest BCUT2D eigenvalue weighted by atomic mass is 9.99. The van der Waals surface area contributed by atoms with Gasteiger partial charge in [-0.1, -0.05) is 30.3 Å². The normalized spacial score (nSPS) is 11.9. The van der Waals surface area contributed by atoms with Gasteiger partial charge < -0.3 is 10.5 Å². The largest absolute Gasteiger partial charge is 0.492 e. The van der Waals surface area contributed by atoms with Crippen LogP contribution in [0.1, 0.15) is 35.3 Å². The molecule has 2 N–H and O–H groups in total. The monoisotopic (exact) mass is 270 g/mol. The number of ether oxygens (including phenoxy) is 1. The first kappa shape index (κ1) is 14.2. The summed E-state index contributed by atoms with van der Waals surface area (Å²) in [6.45, 7) is 2.43. The number of rotatable bonds is 6. The molecule has 4 heteroatoms. The molecule has 1 unspecified atom stereocenters. The number of ketones is 1. The minimum absolute atomic E-state index is 0.0320. The van der Waals surface area contributed by atoms with Gasteiger partial charge in [0.2, 0.25) is 0 Å². The molecule has 104 valence electrons. The molecule has 2 aromatic rings. The van der Waals surface area contributed by atoms with Crippen molar-refractivity contribution in [3.63, 3.8) is 0 Å². The maximum Gasteiger partial charge on any atom is 0.166 e. The third-order valence-corrected chi connectivity index (χ3v) is 2.98. The summed E-state index contributed by atoms with van der Waals surface area (Å²) in [6, 6.07) is 11.0. The first-order chi connectivity index (χ1) is 9.70. The lowest BCUT2D eigenvalue weighted by Crippen LogP contribution is -2.15. The molecule has 1 aromatic heterocycles. The van der Waals surface area contributed by atoms with Crippen molar-refractivity contribution in [1.82, 2.24) is 4.98 Å². The first-order valence-electron chi connectivity index (χ1n) is 6.62. The van der Waals surface area contributed by atoms with Crippen LogP contribution in [0.4, 0.5) is 0 Å². The maximum absolute atomic E-state index is 12.2. The van der Waals surface area contributed by atoms with E-state index in [1.165, 1.54) is 0 Å². The zero-order valence-corrected chi connectivity index (χ0v) is 11.5. The van der Waals surface area contributed by atoms with E-state index in [0.29, 0.717) is 17.9 Å². The molecule has 0 amide bonds. The van der Waals surface area contributed by atoms with Crippen molar-refractivity contribution in [1.29, 1.82) is 0 Å². The topological polar surface area (TPSA) is 65.2 Å². The summed E-state index contributed by atoms with van der Waals surface area (Å²) in [6.07, 6.45) is 3.39. The predicted molar refractivity (Wildman–Crippen MR) is 77.7 cm³/mol. The van der Waals surface area contributed by atoms with Crippen LogP contribution in [0.25, 0.3) is 0 Å². The van der Waals surface area contributed by atoms with E-state index in [9.17, 15) is 4.79 Å². The van der Waals surface area contributed by atoms with Crippen molar-refractivity contribution in [2.45, 2.75) is 19.4 Å². The Morgan fingerprint density at radius 3 is 2.75 bits per heavy atom. The molecular formula is C16H18N2O2. The van der Waals surface area contributed by atoms with Gasteiger partial charge in [0.25, 0.3) is 0 Å². The second-order valence-electron chi connectivity index (χ2n) is 4.49. The van der Waals surface area contributed by atoms with Crippen molar-refractivity contribution >= 4 is 5.78 Å². The average molecular weight is 270 g/mol. The zero-order chi connectivity index (χ0) is 14.4. The van der Waals surface area contributed by atoms with Gasteiger partial charge in [-0.3, -0.25) is 9.78 Å². The van der Waals surface area contributed by atoms with Crippen LogP contribution >= 0.6 is 0 Å². The van der Waals surface area contributed by atoms with Gasteiger partial charge in [0.1, 0.15) is 5.75 Å². The quantitative estimate of drug-likeness (QED) is 0.820. The number of nitrogens with two attached hydrogens (primary N) is 1. The Kier molecular flexibility index (Phi) is 4.85. The molecule has 2 rings (SSSR count). The molecule has 1 aromatic carbocycles. The van der Waals surface area contributed by atoms with Gasteiger partial charge in [0, 0.05) is 24.2 Å². The Bertz CT molecular complexity index is 570. The van der Waals surface area contributed by atoms with Crippen molar-refractivity contribution in [2.24, 2.45) is 5.73 Å². The van der Waals surface area contributed by atoms with Crippen molar-refractivity contribution < 1.29 is 9.53 Å². The summed E-state index contributed by atoms with van der Waals surface area (Å²) >= 11 is 0. The summed E-state index contributed by atoms with van der Waals surface area (Å²) in [7, 11) is 0. The van der Waals surface area contributed by atoms with E-state index >= 15 is 0 Å². The zero-order valence-electron chi connectivity index (χ0n) is 11.5. The van der Waals surface area contributed by atoms with E-state index in [1.54, 1.807) is 18.5 Å². The van der Waals surface area contributed by atoms with Gasteiger partial charge in [-0.05, 0) is 18.6 Å². The number of nitrogens with zero attached hydrogens (tertiary/aromatic N) is 1. The molecule has 0 aliphatic rings. The molecular weight excluding hydrogens is 252 g/mol. The van der Waals surface area contributed by atoms with E-state index in [1.807, 2.05) is 37.3 Å². The number of aromatic nitrogens is 1. The molecule has 0 spiro atoms. The number of benzene rings is 1. The Balaban J connectivity index is 2.06. The Hall–Kier alpha value is -2.20. The van der Waals surface area contributed by atoms with Crippen LogP contribution in [0, 0.1) is 0 Å². The Morgan fingerprint density at radius 2 is 2.05 bits per heavy atom.